The maximum atomic E-state index is 12.5. The maximum absolute atomic E-state index is 12.5. The summed E-state index contributed by atoms with van der Waals surface area (Å²) in [6.07, 6.45) is 0.711. The third-order valence-electron chi connectivity index (χ3n) is 4.51. The highest BCUT2D eigenvalue weighted by Crippen LogP contribution is 2.45. The van der Waals surface area contributed by atoms with E-state index in [0.717, 1.165) is 5.56 Å². The van der Waals surface area contributed by atoms with Crippen molar-refractivity contribution in [3.05, 3.63) is 53.3 Å². The Labute approximate surface area is 129 Å². The molecule has 1 aromatic rings. The van der Waals surface area contributed by atoms with Crippen LogP contribution in [-0.2, 0) is 14.3 Å². The second kappa shape index (κ2) is 4.83. The minimum atomic E-state index is -0.870. The fourth-order valence-corrected chi connectivity index (χ4v) is 3.16. The van der Waals surface area contributed by atoms with Gasteiger partial charge in [-0.2, -0.15) is 0 Å². The number of hydrogen-bond acceptors (Lipinski definition) is 4. The Bertz CT molecular complexity index is 710. The Morgan fingerprint density at radius 3 is 2.41 bits per heavy atom. The molecule has 2 unspecified atom stereocenters. The zero-order valence-corrected chi connectivity index (χ0v) is 12.8. The first-order valence-electron chi connectivity index (χ1n) is 7.26. The monoisotopic (exact) mass is 298 g/mol. The van der Waals surface area contributed by atoms with Crippen LogP contribution in [0, 0.1) is 11.3 Å². The van der Waals surface area contributed by atoms with Crippen molar-refractivity contribution in [2.75, 3.05) is 0 Å². The van der Waals surface area contributed by atoms with E-state index in [4.69, 9.17) is 4.74 Å². The number of hydrogen-bond donors (Lipinski definition) is 1. The lowest BCUT2D eigenvalue weighted by Crippen LogP contribution is -2.52. The van der Waals surface area contributed by atoms with E-state index in [0.29, 0.717) is 5.76 Å². The Morgan fingerprint density at radius 2 is 1.77 bits per heavy atom. The number of aliphatic hydroxyl groups is 1. The van der Waals surface area contributed by atoms with Crippen molar-refractivity contribution in [1.29, 1.82) is 0 Å². The third-order valence-corrected chi connectivity index (χ3v) is 4.51. The van der Waals surface area contributed by atoms with Crippen LogP contribution in [0.5, 0.6) is 0 Å². The van der Waals surface area contributed by atoms with E-state index in [1.54, 1.807) is 20.8 Å². The molecule has 0 saturated carbocycles. The van der Waals surface area contributed by atoms with Crippen LogP contribution in [-0.4, -0.2) is 22.8 Å². The van der Waals surface area contributed by atoms with Crippen molar-refractivity contribution in [2.45, 2.75) is 26.9 Å². The van der Waals surface area contributed by atoms with Crippen molar-refractivity contribution in [2.24, 2.45) is 11.3 Å². The molecule has 4 heteroatoms. The van der Waals surface area contributed by atoms with Crippen molar-refractivity contribution in [3.63, 3.8) is 0 Å². The van der Waals surface area contributed by atoms with Gasteiger partial charge < -0.3 is 9.84 Å². The molecule has 0 radical (unpaired) electrons. The van der Waals surface area contributed by atoms with Crippen molar-refractivity contribution >= 4 is 17.3 Å². The molecule has 3 rings (SSSR count). The second-order valence-corrected chi connectivity index (χ2v) is 6.35. The van der Waals surface area contributed by atoms with Gasteiger partial charge in [0.1, 0.15) is 23.5 Å². The standard InChI is InChI=1S/C18H18O4/c1-10-15(20)14-12(19)9-13(11-7-5-4-6-8-11)22-17(14)18(2,3)16(10)21/h4-9,14,17,20H,1-3H3. The van der Waals surface area contributed by atoms with E-state index in [1.807, 2.05) is 30.3 Å². The number of ketones is 2. The molecule has 0 spiro atoms. The van der Waals surface area contributed by atoms with Gasteiger partial charge in [0, 0.05) is 17.2 Å². The Hall–Kier alpha value is -2.36. The molecule has 2 atom stereocenters. The first kappa shape index (κ1) is 14.6. The smallest absolute Gasteiger partial charge is 0.173 e. The largest absolute Gasteiger partial charge is 0.511 e. The predicted molar refractivity (Wildman–Crippen MR) is 81.9 cm³/mol. The normalized spacial score (nSPS) is 27.1. The van der Waals surface area contributed by atoms with Gasteiger partial charge in [0.05, 0.1) is 5.41 Å². The SMILES string of the molecule is CC1=C(O)C2C(=O)C=C(c3ccccc3)OC2C(C)(C)C1=O. The lowest BCUT2D eigenvalue weighted by atomic mass is 9.66. The van der Waals surface area contributed by atoms with Crippen LogP contribution in [0.25, 0.3) is 5.76 Å². The Morgan fingerprint density at radius 1 is 1.14 bits per heavy atom. The van der Waals surface area contributed by atoms with E-state index in [-0.39, 0.29) is 22.9 Å². The summed E-state index contributed by atoms with van der Waals surface area (Å²) in [6.45, 7) is 5.06. The maximum Gasteiger partial charge on any atom is 0.173 e. The second-order valence-electron chi connectivity index (χ2n) is 6.35. The summed E-state index contributed by atoms with van der Waals surface area (Å²) >= 11 is 0. The van der Waals surface area contributed by atoms with Crippen LogP contribution in [0.4, 0.5) is 0 Å². The highest BCUT2D eigenvalue weighted by molar-refractivity contribution is 6.07. The molecule has 1 aliphatic carbocycles. The molecule has 4 nitrogen and oxygen atoms in total. The zero-order valence-electron chi connectivity index (χ0n) is 12.8. The molecule has 0 aromatic heterocycles. The fourth-order valence-electron chi connectivity index (χ4n) is 3.16. The van der Waals surface area contributed by atoms with Gasteiger partial charge in [-0.3, -0.25) is 9.59 Å². The van der Waals surface area contributed by atoms with Gasteiger partial charge in [-0.05, 0) is 20.8 Å². The number of benzene rings is 1. The topological polar surface area (TPSA) is 63.6 Å². The molecule has 22 heavy (non-hydrogen) atoms. The minimum absolute atomic E-state index is 0.164. The van der Waals surface area contributed by atoms with Gasteiger partial charge in [-0.15, -0.1) is 0 Å². The summed E-state index contributed by atoms with van der Waals surface area (Å²) in [5.41, 5.74) is 0.161. The van der Waals surface area contributed by atoms with Crippen LogP contribution >= 0.6 is 0 Å². The van der Waals surface area contributed by atoms with Gasteiger partial charge in [0.15, 0.2) is 11.6 Å². The fraction of sp³-hybridized carbons (Fsp3) is 0.333. The average molecular weight is 298 g/mol. The molecule has 1 aromatic carbocycles. The Balaban J connectivity index is 2.10. The summed E-state index contributed by atoms with van der Waals surface area (Å²) < 4.78 is 5.98. The molecular weight excluding hydrogens is 280 g/mol. The molecule has 1 heterocycles. The van der Waals surface area contributed by atoms with Crippen LogP contribution < -0.4 is 0 Å². The molecule has 2 aliphatic rings. The van der Waals surface area contributed by atoms with E-state index in [2.05, 4.69) is 0 Å². The van der Waals surface area contributed by atoms with E-state index in [1.165, 1.54) is 6.08 Å². The van der Waals surface area contributed by atoms with Gasteiger partial charge >= 0.3 is 0 Å². The number of fused-ring (bicyclic) bond motifs is 1. The number of rotatable bonds is 1. The quantitative estimate of drug-likeness (QED) is 0.865. The van der Waals surface area contributed by atoms with Gasteiger partial charge in [0.25, 0.3) is 0 Å². The van der Waals surface area contributed by atoms with Crippen LogP contribution in [0.3, 0.4) is 0 Å². The lowest BCUT2D eigenvalue weighted by Gasteiger charge is -2.43. The highest BCUT2D eigenvalue weighted by Gasteiger charge is 2.54. The van der Waals surface area contributed by atoms with Crippen molar-refractivity contribution in [3.8, 4) is 0 Å². The van der Waals surface area contributed by atoms with E-state index < -0.39 is 17.4 Å². The van der Waals surface area contributed by atoms with Gasteiger partial charge in [0.2, 0.25) is 0 Å². The first-order valence-corrected chi connectivity index (χ1v) is 7.26. The number of ether oxygens (including phenoxy) is 1. The molecule has 1 N–H and O–H groups in total. The van der Waals surface area contributed by atoms with Gasteiger partial charge in [-0.25, -0.2) is 0 Å². The number of aliphatic hydroxyl groups excluding tert-OH is 1. The number of carbonyl (C=O) groups excluding carboxylic acids is 2. The van der Waals surface area contributed by atoms with Crippen LogP contribution in [0.2, 0.25) is 0 Å². The molecular formula is C18H18O4. The summed E-state index contributed by atoms with van der Waals surface area (Å²) in [5.74, 6) is -0.941. The molecule has 0 fully saturated rings. The first-order chi connectivity index (χ1) is 10.3. The Kier molecular flexibility index (Phi) is 3.20. The summed E-state index contributed by atoms with van der Waals surface area (Å²) in [7, 11) is 0. The number of Topliss-reactive ketones (excluding diaryl/α,β-unsaturated/α-hetero) is 1. The molecule has 1 aliphatic heterocycles. The summed E-state index contributed by atoms with van der Waals surface area (Å²) in [4.78, 5) is 24.9. The van der Waals surface area contributed by atoms with Crippen LogP contribution in [0.1, 0.15) is 26.3 Å². The lowest BCUT2D eigenvalue weighted by molar-refractivity contribution is -0.140. The number of allylic oxidation sites excluding steroid dienone is 2. The average Bonchev–Trinajstić information content (AvgIpc) is 2.51. The molecule has 0 bridgehead atoms. The van der Waals surface area contributed by atoms with E-state index in [9.17, 15) is 14.7 Å². The molecule has 0 saturated heterocycles. The molecule has 114 valence electrons. The van der Waals surface area contributed by atoms with Crippen LogP contribution in [0.15, 0.2) is 47.7 Å². The summed E-state index contributed by atoms with van der Waals surface area (Å²) in [5, 5.41) is 10.2. The van der Waals surface area contributed by atoms with Gasteiger partial charge in [-0.1, -0.05) is 30.3 Å². The third kappa shape index (κ3) is 1.98. The highest BCUT2D eigenvalue weighted by atomic mass is 16.5. The summed E-state index contributed by atoms with van der Waals surface area (Å²) in [6, 6.07) is 9.28. The molecule has 0 amide bonds. The zero-order chi connectivity index (χ0) is 16.1. The minimum Gasteiger partial charge on any atom is -0.511 e. The van der Waals surface area contributed by atoms with Crippen molar-refractivity contribution < 1.29 is 19.4 Å². The predicted octanol–water partition coefficient (Wildman–Crippen LogP) is 3.05. The van der Waals surface area contributed by atoms with Crippen molar-refractivity contribution in [1.82, 2.24) is 0 Å². The van der Waals surface area contributed by atoms with E-state index >= 15 is 0 Å². The number of carbonyl (C=O) groups is 2.